The van der Waals surface area contributed by atoms with Crippen LogP contribution in [-0.4, -0.2) is 29.9 Å². The van der Waals surface area contributed by atoms with Crippen molar-refractivity contribution in [3.63, 3.8) is 0 Å². The number of ketones is 1. The molecular formula is C19H23BrO5. The highest BCUT2D eigenvalue weighted by atomic mass is 79.9. The molecule has 1 heterocycles. The lowest BCUT2D eigenvalue weighted by atomic mass is 9.70. The second-order valence-corrected chi connectivity index (χ2v) is 7.58. The molecule has 0 aromatic heterocycles. The molecule has 0 aliphatic carbocycles. The zero-order valence-corrected chi connectivity index (χ0v) is 16.5. The van der Waals surface area contributed by atoms with Crippen LogP contribution in [0.1, 0.15) is 44.5 Å². The third-order valence-corrected chi connectivity index (χ3v) is 5.19. The molecule has 136 valence electrons. The highest BCUT2D eigenvalue weighted by Crippen LogP contribution is 2.44. The summed E-state index contributed by atoms with van der Waals surface area (Å²) in [4.78, 5) is 37.7. The lowest BCUT2D eigenvalue weighted by molar-refractivity contribution is -0.157. The average Bonchev–Trinajstić information content (AvgIpc) is 2.78. The van der Waals surface area contributed by atoms with Gasteiger partial charge in [-0.3, -0.25) is 14.4 Å². The Balaban J connectivity index is 2.40. The summed E-state index contributed by atoms with van der Waals surface area (Å²) in [5, 5.41) is 0. The van der Waals surface area contributed by atoms with E-state index < -0.39 is 35.3 Å². The van der Waals surface area contributed by atoms with E-state index in [-0.39, 0.29) is 12.4 Å². The summed E-state index contributed by atoms with van der Waals surface area (Å²) in [6, 6.07) is 7.06. The fourth-order valence-corrected chi connectivity index (χ4v) is 3.83. The SMILES string of the molecule is CCOC(=O)[C@@H]1C(=O)OC(C)(C)[C@@H]1[C@@H](CC)C(=O)c1ccc(Br)cc1. The third kappa shape index (κ3) is 3.94. The van der Waals surface area contributed by atoms with Gasteiger partial charge in [-0.25, -0.2) is 0 Å². The zero-order chi connectivity index (χ0) is 18.8. The Hall–Kier alpha value is -1.69. The van der Waals surface area contributed by atoms with Crippen LogP contribution >= 0.6 is 15.9 Å². The highest BCUT2D eigenvalue weighted by Gasteiger charge is 2.58. The first-order chi connectivity index (χ1) is 11.7. The summed E-state index contributed by atoms with van der Waals surface area (Å²) in [7, 11) is 0. The van der Waals surface area contributed by atoms with Gasteiger partial charge in [0, 0.05) is 21.9 Å². The van der Waals surface area contributed by atoms with Crippen molar-refractivity contribution < 1.29 is 23.9 Å². The first kappa shape index (κ1) is 19.6. The van der Waals surface area contributed by atoms with Crippen molar-refractivity contribution in [3.05, 3.63) is 34.3 Å². The van der Waals surface area contributed by atoms with Crippen LogP contribution in [0.15, 0.2) is 28.7 Å². The predicted molar refractivity (Wildman–Crippen MR) is 96.0 cm³/mol. The van der Waals surface area contributed by atoms with Crippen molar-refractivity contribution in [1.29, 1.82) is 0 Å². The standard InChI is InChI=1S/C19H23BrO5/c1-5-13(16(21)11-7-9-12(20)10-8-11)15-14(17(22)24-6-2)18(23)25-19(15,3)4/h7-10,13-15H,5-6H2,1-4H3/t13-,14-,15-/m1/s1. The third-order valence-electron chi connectivity index (χ3n) is 4.66. The number of hydrogen-bond donors (Lipinski definition) is 0. The van der Waals surface area contributed by atoms with Gasteiger partial charge in [0.25, 0.3) is 0 Å². The van der Waals surface area contributed by atoms with E-state index >= 15 is 0 Å². The van der Waals surface area contributed by atoms with Crippen LogP contribution in [0.5, 0.6) is 0 Å². The van der Waals surface area contributed by atoms with Crippen molar-refractivity contribution in [2.24, 2.45) is 17.8 Å². The van der Waals surface area contributed by atoms with Crippen molar-refractivity contribution in [3.8, 4) is 0 Å². The van der Waals surface area contributed by atoms with E-state index in [1.807, 2.05) is 6.92 Å². The molecule has 0 N–H and O–H groups in total. The van der Waals surface area contributed by atoms with Gasteiger partial charge >= 0.3 is 11.9 Å². The molecule has 1 fully saturated rings. The number of Topliss-reactive ketones (excluding diaryl/α,β-unsaturated/α-hetero) is 1. The summed E-state index contributed by atoms with van der Waals surface area (Å²) in [6.07, 6.45) is 0.496. The van der Waals surface area contributed by atoms with E-state index in [2.05, 4.69) is 15.9 Å². The van der Waals surface area contributed by atoms with Gasteiger partial charge in [-0.05, 0) is 39.3 Å². The number of cyclic esters (lactones) is 1. The van der Waals surface area contributed by atoms with Gasteiger partial charge in [-0.2, -0.15) is 0 Å². The van der Waals surface area contributed by atoms with E-state index in [1.54, 1.807) is 45.0 Å². The van der Waals surface area contributed by atoms with Gasteiger partial charge in [0.1, 0.15) is 5.60 Å². The Kier molecular flexibility index (Phi) is 6.03. The summed E-state index contributed by atoms with van der Waals surface area (Å²) in [5.74, 6) is -3.49. The number of ether oxygens (including phenoxy) is 2. The highest BCUT2D eigenvalue weighted by molar-refractivity contribution is 9.10. The van der Waals surface area contributed by atoms with Crippen molar-refractivity contribution in [1.82, 2.24) is 0 Å². The summed E-state index contributed by atoms with van der Waals surface area (Å²) < 4.78 is 11.4. The summed E-state index contributed by atoms with van der Waals surface area (Å²) >= 11 is 3.35. The Labute approximate surface area is 156 Å². The molecule has 0 spiro atoms. The van der Waals surface area contributed by atoms with Crippen LogP contribution in [0.4, 0.5) is 0 Å². The molecule has 1 aliphatic heterocycles. The van der Waals surface area contributed by atoms with E-state index in [9.17, 15) is 14.4 Å². The van der Waals surface area contributed by atoms with Gasteiger partial charge in [0.2, 0.25) is 0 Å². The topological polar surface area (TPSA) is 69.7 Å². The largest absolute Gasteiger partial charge is 0.465 e. The number of halogens is 1. The molecular weight excluding hydrogens is 388 g/mol. The second-order valence-electron chi connectivity index (χ2n) is 6.67. The minimum atomic E-state index is -1.07. The lowest BCUT2D eigenvalue weighted by Crippen LogP contribution is -2.42. The number of benzene rings is 1. The molecule has 0 amide bonds. The van der Waals surface area contributed by atoms with Gasteiger partial charge in [0.15, 0.2) is 11.7 Å². The fourth-order valence-electron chi connectivity index (χ4n) is 3.56. The van der Waals surface area contributed by atoms with Crippen LogP contribution in [-0.2, 0) is 19.1 Å². The summed E-state index contributed by atoms with van der Waals surface area (Å²) in [6.45, 7) is 7.22. The average molecular weight is 411 g/mol. The lowest BCUT2D eigenvalue weighted by Gasteiger charge is -2.32. The molecule has 3 atom stereocenters. The van der Waals surface area contributed by atoms with Crippen LogP contribution in [0.25, 0.3) is 0 Å². The Morgan fingerprint density at radius 3 is 2.36 bits per heavy atom. The number of hydrogen-bond acceptors (Lipinski definition) is 5. The molecule has 1 aromatic carbocycles. The predicted octanol–water partition coefficient (Wildman–Crippen LogP) is 3.79. The number of carbonyl (C=O) groups excluding carboxylic acids is 3. The molecule has 2 rings (SSSR count). The number of carbonyl (C=O) groups is 3. The van der Waals surface area contributed by atoms with E-state index in [0.29, 0.717) is 12.0 Å². The van der Waals surface area contributed by atoms with E-state index in [1.165, 1.54) is 0 Å². The molecule has 0 saturated carbocycles. The molecule has 0 bridgehead atoms. The summed E-state index contributed by atoms with van der Waals surface area (Å²) in [5.41, 5.74) is -0.368. The van der Waals surface area contributed by atoms with Gasteiger partial charge in [0.05, 0.1) is 6.61 Å². The zero-order valence-electron chi connectivity index (χ0n) is 14.9. The molecule has 1 aromatic rings. The van der Waals surface area contributed by atoms with Crippen molar-refractivity contribution in [2.75, 3.05) is 6.61 Å². The quantitative estimate of drug-likeness (QED) is 0.405. The van der Waals surface area contributed by atoms with Crippen LogP contribution in [0.3, 0.4) is 0 Å². The van der Waals surface area contributed by atoms with Gasteiger partial charge < -0.3 is 9.47 Å². The molecule has 5 nitrogen and oxygen atoms in total. The van der Waals surface area contributed by atoms with Gasteiger partial charge in [-0.1, -0.05) is 35.0 Å². The van der Waals surface area contributed by atoms with Gasteiger partial charge in [-0.15, -0.1) is 0 Å². The van der Waals surface area contributed by atoms with Crippen molar-refractivity contribution in [2.45, 2.75) is 39.7 Å². The molecule has 25 heavy (non-hydrogen) atoms. The normalized spacial score (nSPS) is 23.0. The number of esters is 2. The van der Waals surface area contributed by atoms with Crippen LogP contribution in [0, 0.1) is 17.8 Å². The molecule has 1 aliphatic rings. The first-order valence-corrected chi connectivity index (χ1v) is 9.21. The minimum absolute atomic E-state index is 0.0966. The maximum atomic E-state index is 13.1. The first-order valence-electron chi connectivity index (χ1n) is 8.42. The van der Waals surface area contributed by atoms with E-state index in [0.717, 1.165) is 4.47 Å². The fraction of sp³-hybridized carbons (Fsp3) is 0.526. The molecule has 0 unspecified atom stereocenters. The van der Waals surface area contributed by atoms with E-state index in [4.69, 9.17) is 9.47 Å². The minimum Gasteiger partial charge on any atom is -0.465 e. The Morgan fingerprint density at radius 1 is 1.24 bits per heavy atom. The molecule has 1 saturated heterocycles. The smallest absolute Gasteiger partial charge is 0.321 e. The Bertz CT molecular complexity index is 665. The van der Waals surface area contributed by atoms with Crippen molar-refractivity contribution >= 4 is 33.7 Å². The molecule has 6 heteroatoms. The number of rotatable bonds is 6. The van der Waals surface area contributed by atoms with Crippen LogP contribution in [0.2, 0.25) is 0 Å². The maximum absolute atomic E-state index is 13.1. The monoisotopic (exact) mass is 410 g/mol. The molecule has 0 radical (unpaired) electrons. The second kappa shape index (κ2) is 7.68. The maximum Gasteiger partial charge on any atom is 0.321 e. The van der Waals surface area contributed by atoms with Crippen LogP contribution < -0.4 is 0 Å². The Morgan fingerprint density at radius 2 is 1.84 bits per heavy atom.